The molecule has 48 heavy (non-hydrogen) atoms. The van der Waals surface area contributed by atoms with E-state index in [2.05, 4.69) is 161 Å². The van der Waals surface area contributed by atoms with E-state index in [0.717, 1.165) is 19.3 Å². The molecule has 3 heteroatoms. The Morgan fingerprint density at radius 1 is 0.646 bits per heavy atom. The summed E-state index contributed by atoms with van der Waals surface area (Å²) < 4.78 is 5.04. The van der Waals surface area contributed by atoms with Crippen LogP contribution in [0, 0.1) is 5.41 Å². The van der Waals surface area contributed by atoms with Crippen LogP contribution in [-0.2, 0) is 0 Å². The van der Waals surface area contributed by atoms with Gasteiger partial charge in [-0.15, -0.1) is 0 Å². The predicted octanol–water partition coefficient (Wildman–Crippen LogP) is 11.6. The van der Waals surface area contributed by atoms with Crippen molar-refractivity contribution in [2.75, 3.05) is 4.90 Å². The number of hydrogen-bond acceptors (Lipinski definition) is 1. The van der Waals surface area contributed by atoms with Crippen molar-refractivity contribution in [3.8, 4) is 5.69 Å². The maximum Gasteiger partial charge on any atom is 0.0541 e. The van der Waals surface area contributed by atoms with E-state index in [1.807, 2.05) is 0 Å². The molecule has 0 fully saturated rings. The first kappa shape index (κ1) is 26.5. The summed E-state index contributed by atoms with van der Waals surface area (Å²) in [6, 6.07) is 42.8. The van der Waals surface area contributed by atoms with E-state index in [1.165, 1.54) is 83.2 Å². The maximum absolute atomic E-state index is 2.64. The topological polar surface area (TPSA) is 13.1 Å². The van der Waals surface area contributed by atoms with Gasteiger partial charge in [0, 0.05) is 67.8 Å². The zero-order valence-corrected chi connectivity index (χ0v) is 27.2. The Labute approximate surface area is 280 Å². The van der Waals surface area contributed by atoms with Gasteiger partial charge in [-0.25, -0.2) is 0 Å². The Kier molecular flexibility index (Phi) is 5.13. The molecule has 0 radical (unpaired) electrons. The monoisotopic (exact) mass is 617 g/mol. The van der Waals surface area contributed by atoms with Crippen LogP contribution in [0.3, 0.4) is 0 Å². The Morgan fingerprint density at radius 2 is 1.21 bits per heavy atom. The second-order valence-corrected chi connectivity index (χ2v) is 14.4. The fourth-order valence-electron chi connectivity index (χ4n) is 9.62. The SMILES string of the molecule is CC1(C)C2=C3C(CC(n4c5ccccc5c5ccccc54)=C2)c2cc(-n4c5ccccc5c5ccccc54)ccc2N3C2=C1CCC=C2. The molecule has 2 aromatic heterocycles. The first-order valence-electron chi connectivity index (χ1n) is 17.4. The van der Waals surface area contributed by atoms with Crippen LogP contribution in [0.4, 0.5) is 5.69 Å². The lowest BCUT2D eigenvalue weighted by Crippen LogP contribution is -2.36. The van der Waals surface area contributed by atoms with E-state index in [1.54, 1.807) is 5.57 Å². The molecule has 5 aromatic carbocycles. The van der Waals surface area contributed by atoms with Crippen LogP contribution < -0.4 is 4.90 Å². The summed E-state index contributed by atoms with van der Waals surface area (Å²) in [7, 11) is 0. The van der Waals surface area contributed by atoms with Crippen molar-refractivity contribution in [1.29, 1.82) is 0 Å². The van der Waals surface area contributed by atoms with Crippen LogP contribution in [0.25, 0.3) is 55.0 Å². The molecule has 2 aliphatic heterocycles. The molecule has 2 aliphatic carbocycles. The average molecular weight is 618 g/mol. The third-order valence-corrected chi connectivity index (χ3v) is 11.7. The molecular weight excluding hydrogens is 583 g/mol. The van der Waals surface area contributed by atoms with Crippen LogP contribution in [0.5, 0.6) is 0 Å². The zero-order chi connectivity index (χ0) is 31.7. The van der Waals surface area contributed by atoms with Crippen molar-refractivity contribution in [3.05, 3.63) is 162 Å². The minimum Gasteiger partial charge on any atom is -0.313 e. The largest absolute Gasteiger partial charge is 0.313 e. The van der Waals surface area contributed by atoms with E-state index in [0.29, 0.717) is 0 Å². The summed E-state index contributed by atoms with van der Waals surface area (Å²) in [6.07, 6.45) is 10.5. The molecule has 4 aliphatic rings. The zero-order valence-electron chi connectivity index (χ0n) is 27.2. The Morgan fingerprint density at radius 3 is 1.81 bits per heavy atom. The summed E-state index contributed by atoms with van der Waals surface area (Å²) in [5.41, 5.74) is 16.3. The molecule has 7 aromatic rings. The highest BCUT2D eigenvalue weighted by Gasteiger charge is 2.48. The second kappa shape index (κ2) is 9.29. The lowest BCUT2D eigenvalue weighted by atomic mass is 9.67. The number of fused-ring (bicyclic) bond motifs is 10. The quantitative estimate of drug-likeness (QED) is 0.188. The summed E-state index contributed by atoms with van der Waals surface area (Å²) in [4.78, 5) is 2.64. The van der Waals surface area contributed by atoms with E-state index < -0.39 is 0 Å². The molecule has 1 unspecified atom stereocenters. The van der Waals surface area contributed by atoms with Crippen molar-refractivity contribution in [2.24, 2.45) is 5.41 Å². The molecule has 0 saturated carbocycles. The number of benzene rings is 5. The summed E-state index contributed by atoms with van der Waals surface area (Å²) >= 11 is 0. The fourth-order valence-corrected chi connectivity index (χ4v) is 9.62. The second-order valence-electron chi connectivity index (χ2n) is 14.4. The van der Waals surface area contributed by atoms with Crippen LogP contribution in [-0.4, -0.2) is 9.13 Å². The van der Waals surface area contributed by atoms with Gasteiger partial charge in [0.25, 0.3) is 0 Å². The predicted molar refractivity (Wildman–Crippen MR) is 201 cm³/mol. The standard InChI is InChI=1S/C45H35N3/c1-45(2)36-17-7-12-22-43(36)48-42-24-23-28(46-38-18-8-3-13-30(38)31-14-4-9-19-39(31)46)25-34(42)35-26-29(27-37(45)44(35)48)47-40-20-10-5-15-32(40)33-16-6-11-21-41(33)47/h3-6,8-16,18-25,27,35H,7,17,26H2,1-2H3. The number of anilines is 1. The minimum atomic E-state index is -0.0632. The van der Waals surface area contributed by atoms with Gasteiger partial charge in [0.15, 0.2) is 0 Å². The smallest absolute Gasteiger partial charge is 0.0541 e. The lowest BCUT2D eigenvalue weighted by Gasteiger charge is -2.45. The number of allylic oxidation sites excluding steroid dienone is 7. The number of rotatable bonds is 2. The third kappa shape index (κ3) is 3.29. The third-order valence-electron chi connectivity index (χ3n) is 11.7. The summed E-state index contributed by atoms with van der Waals surface area (Å²) in [5, 5.41) is 5.24. The molecule has 11 rings (SSSR count). The van der Waals surface area contributed by atoms with Gasteiger partial charge in [-0.1, -0.05) is 92.7 Å². The van der Waals surface area contributed by atoms with Gasteiger partial charge in [-0.2, -0.15) is 0 Å². The van der Waals surface area contributed by atoms with E-state index in [-0.39, 0.29) is 11.3 Å². The van der Waals surface area contributed by atoms with Crippen LogP contribution in [0.2, 0.25) is 0 Å². The molecule has 0 spiro atoms. The fraction of sp³-hybridized carbons (Fsp3) is 0.156. The van der Waals surface area contributed by atoms with Gasteiger partial charge in [-0.05, 0) is 84.2 Å². The Hall–Kier alpha value is -5.54. The van der Waals surface area contributed by atoms with Gasteiger partial charge in [0.1, 0.15) is 0 Å². The molecule has 1 atom stereocenters. The number of nitrogens with zero attached hydrogens (tertiary/aromatic N) is 3. The van der Waals surface area contributed by atoms with E-state index in [9.17, 15) is 0 Å². The van der Waals surface area contributed by atoms with Crippen LogP contribution in [0.15, 0.2) is 156 Å². The number of hydrogen-bond donors (Lipinski definition) is 0. The van der Waals surface area contributed by atoms with Gasteiger partial charge >= 0.3 is 0 Å². The van der Waals surface area contributed by atoms with E-state index >= 15 is 0 Å². The van der Waals surface area contributed by atoms with Gasteiger partial charge in [0.2, 0.25) is 0 Å². The highest BCUT2D eigenvalue weighted by Crippen LogP contribution is 2.61. The van der Waals surface area contributed by atoms with Crippen molar-refractivity contribution in [2.45, 2.75) is 39.0 Å². The Bertz CT molecular complexity index is 2580. The van der Waals surface area contributed by atoms with E-state index in [4.69, 9.17) is 0 Å². The van der Waals surface area contributed by atoms with Crippen molar-refractivity contribution in [1.82, 2.24) is 9.13 Å². The summed E-state index contributed by atoms with van der Waals surface area (Å²) in [5.74, 6) is 0.256. The molecule has 230 valence electrons. The molecule has 4 heterocycles. The van der Waals surface area contributed by atoms with Crippen LogP contribution >= 0.6 is 0 Å². The average Bonchev–Trinajstić information content (AvgIpc) is 3.76. The molecule has 0 bridgehead atoms. The molecular formula is C45H35N3. The summed E-state index contributed by atoms with van der Waals surface area (Å²) in [6.45, 7) is 4.94. The molecule has 0 amide bonds. The maximum atomic E-state index is 2.64. The molecule has 3 nitrogen and oxygen atoms in total. The van der Waals surface area contributed by atoms with Crippen LogP contribution in [0.1, 0.15) is 44.6 Å². The highest BCUT2D eigenvalue weighted by atomic mass is 15.2. The van der Waals surface area contributed by atoms with Gasteiger partial charge in [-0.3, -0.25) is 0 Å². The Balaban J connectivity index is 1.18. The lowest BCUT2D eigenvalue weighted by molar-refractivity contribution is 0.490. The van der Waals surface area contributed by atoms with Gasteiger partial charge in [0.05, 0.1) is 22.1 Å². The first-order valence-corrected chi connectivity index (χ1v) is 17.4. The van der Waals surface area contributed by atoms with Crippen molar-refractivity contribution < 1.29 is 0 Å². The normalized spacial score (nSPS) is 19.4. The molecule has 0 N–H and O–H groups in total. The number of para-hydroxylation sites is 4. The molecule has 0 saturated heterocycles. The number of aromatic nitrogens is 2. The highest BCUT2D eigenvalue weighted by molar-refractivity contribution is 6.11. The first-order chi connectivity index (χ1) is 23.6. The van der Waals surface area contributed by atoms with Crippen molar-refractivity contribution >= 4 is 55.0 Å². The van der Waals surface area contributed by atoms with Crippen molar-refractivity contribution in [3.63, 3.8) is 0 Å². The minimum absolute atomic E-state index is 0.0632. The van der Waals surface area contributed by atoms with Gasteiger partial charge < -0.3 is 14.0 Å².